The lowest BCUT2D eigenvalue weighted by atomic mass is 10.1. The number of anilines is 1. The Morgan fingerprint density at radius 1 is 1.03 bits per heavy atom. The number of halogens is 1. The predicted molar refractivity (Wildman–Crippen MR) is 140 cm³/mol. The van der Waals surface area contributed by atoms with Crippen molar-refractivity contribution in [2.75, 3.05) is 25.0 Å². The van der Waals surface area contributed by atoms with E-state index in [2.05, 4.69) is 5.32 Å². The second kappa shape index (κ2) is 12.1. The molecule has 0 aliphatic carbocycles. The molecule has 1 aliphatic rings. The van der Waals surface area contributed by atoms with E-state index in [-0.39, 0.29) is 30.4 Å². The van der Waals surface area contributed by atoms with Crippen LogP contribution in [0.1, 0.15) is 34.4 Å². The number of thiophene rings is 1. The standard InChI is InChI=1S/C28H32FN3O3S/c1-20-6-3-7-21(2)27(20)30-28(34)32(17-24-8-4-14-35-24)19-26(33)31(18-25-9-5-15-36-25)16-22-10-12-23(29)13-11-22/h3,5-7,9-13,15,24H,4,8,14,16-19H2,1-2H3,(H,30,34). The largest absolute Gasteiger partial charge is 0.376 e. The number of nitrogens with zero attached hydrogens (tertiary/aromatic N) is 2. The van der Waals surface area contributed by atoms with Gasteiger partial charge in [-0.05, 0) is 67.0 Å². The molecule has 8 heteroatoms. The summed E-state index contributed by atoms with van der Waals surface area (Å²) < 4.78 is 19.2. The van der Waals surface area contributed by atoms with Crippen LogP contribution in [-0.4, -0.2) is 47.5 Å². The summed E-state index contributed by atoms with van der Waals surface area (Å²) in [6.45, 7) is 5.56. The molecular weight excluding hydrogens is 477 g/mol. The van der Waals surface area contributed by atoms with Crippen LogP contribution in [0.2, 0.25) is 0 Å². The Bertz CT molecular complexity index is 1140. The van der Waals surface area contributed by atoms with Crippen LogP contribution >= 0.6 is 11.3 Å². The number of aryl methyl sites for hydroxylation is 2. The second-order valence-electron chi connectivity index (χ2n) is 9.17. The van der Waals surface area contributed by atoms with Gasteiger partial charge in [-0.25, -0.2) is 9.18 Å². The first-order valence-electron chi connectivity index (χ1n) is 12.2. The third-order valence-electron chi connectivity index (χ3n) is 6.34. The molecule has 0 bridgehead atoms. The maximum Gasteiger partial charge on any atom is 0.322 e. The third kappa shape index (κ3) is 6.92. The number of benzene rings is 2. The van der Waals surface area contributed by atoms with Crippen molar-refractivity contribution >= 4 is 29.0 Å². The lowest BCUT2D eigenvalue weighted by Crippen LogP contribution is -2.47. The molecule has 0 spiro atoms. The summed E-state index contributed by atoms with van der Waals surface area (Å²) in [6, 6.07) is 15.6. The molecule has 2 heterocycles. The van der Waals surface area contributed by atoms with Crippen molar-refractivity contribution in [1.82, 2.24) is 9.80 Å². The average molecular weight is 510 g/mol. The number of amides is 3. The van der Waals surface area contributed by atoms with Gasteiger partial charge in [-0.15, -0.1) is 11.3 Å². The van der Waals surface area contributed by atoms with Crippen molar-refractivity contribution < 1.29 is 18.7 Å². The number of para-hydroxylation sites is 1. The first kappa shape index (κ1) is 25.9. The molecule has 36 heavy (non-hydrogen) atoms. The molecule has 1 N–H and O–H groups in total. The van der Waals surface area contributed by atoms with E-state index in [9.17, 15) is 14.0 Å². The van der Waals surface area contributed by atoms with Gasteiger partial charge in [0.25, 0.3) is 0 Å². The van der Waals surface area contributed by atoms with Crippen molar-refractivity contribution in [3.63, 3.8) is 0 Å². The van der Waals surface area contributed by atoms with Gasteiger partial charge in [-0.3, -0.25) is 4.79 Å². The lowest BCUT2D eigenvalue weighted by Gasteiger charge is -2.29. The van der Waals surface area contributed by atoms with E-state index in [0.29, 0.717) is 26.2 Å². The molecule has 1 aromatic heterocycles. The molecule has 190 valence electrons. The van der Waals surface area contributed by atoms with E-state index < -0.39 is 0 Å². The van der Waals surface area contributed by atoms with Crippen molar-refractivity contribution in [1.29, 1.82) is 0 Å². The molecule has 1 aliphatic heterocycles. The van der Waals surface area contributed by atoms with Crippen molar-refractivity contribution in [3.05, 3.63) is 87.4 Å². The highest BCUT2D eigenvalue weighted by molar-refractivity contribution is 7.09. The highest BCUT2D eigenvalue weighted by Crippen LogP contribution is 2.22. The molecule has 3 amide bonds. The third-order valence-corrected chi connectivity index (χ3v) is 7.20. The first-order chi connectivity index (χ1) is 17.4. The van der Waals surface area contributed by atoms with Gasteiger partial charge < -0.3 is 19.9 Å². The normalized spacial score (nSPS) is 15.0. The fourth-order valence-electron chi connectivity index (χ4n) is 4.35. The van der Waals surface area contributed by atoms with Crippen molar-refractivity contribution in [2.24, 2.45) is 0 Å². The summed E-state index contributed by atoms with van der Waals surface area (Å²) in [5.74, 6) is -0.497. The Morgan fingerprint density at radius 3 is 2.42 bits per heavy atom. The number of rotatable bonds is 9. The van der Waals surface area contributed by atoms with Crippen LogP contribution in [0.3, 0.4) is 0 Å². The fraction of sp³-hybridized carbons (Fsp3) is 0.357. The summed E-state index contributed by atoms with van der Waals surface area (Å²) in [5.41, 5.74) is 3.51. The molecule has 2 aromatic carbocycles. The predicted octanol–water partition coefficient (Wildman–Crippen LogP) is 5.75. The van der Waals surface area contributed by atoms with Crippen molar-refractivity contribution in [3.8, 4) is 0 Å². The summed E-state index contributed by atoms with van der Waals surface area (Å²) in [4.78, 5) is 31.3. The quantitative estimate of drug-likeness (QED) is 0.400. The maximum absolute atomic E-state index is 13.6. The van der Waals surface area contributed by atoms with Gasteiger partial charge in [-0.1, -0.05) is 36.4 Å². The Balaban J connectivity index is 1.53. The Hall–Kier alpha value is -3.23. The number of urea groups is 1. The van der Waals surface area contributed by atoms with Gasteiger partial charge in [0.1, 0.15) is 12.4 Å². The molecule has 3 aromatic rings. The number of hydrogen-bond donors (Lipinski definition) is 1. The van der Waals surface area contributed by atoms with Gasteiger partial charge in [-0.2, -0.15) is 0 Å². The Kier molecular flexibility index (Phi) is 8.72. The molecule has 1 saturated heterocycles. The SMILES string of the molecule is Cc1cccc(C)c1NC(=O)N(CC(=O)N(Cc1ccc(F)cc1)Cc1cccs1)CC1CCCO1. The zero-order valence-corrected chi connectivity index (χ0v) is 21.5. The van der Waals surface area contributed by atoms with Gasteiger partial charge in [0.05, 0.1) is 12.6 Å². The van der Waals surface area contributed by atoms with E-state index in [1.807, 2.05) is 49.6 Å². The van der Waals surface area contributed by atoms with Gasteiger partial charge in [0.15, 0.2) is 0 Å². The van der Waals surface area contributed by atoms with Gasteiger partial charge >= 0.3 is 6.03 Å². The summed E-state index contributed by atoms with van der Waals surface area (Å²) in [6.07, 6.45) is 1.71. The van der Waals surface area contributed by atoms with Crippen LogP contribution in [0.5, 0.6) is 0 Å². The Labute approximate surface area is 215 Å². The number of carbonyl (C=O) groups is 2. The minimum atomic E-state index is -0.325. The molecule has 0 saturated carbocycles. The van der Waals surface area contributed by atoms with Gasteiger partial charge in [0.2, 0.25) is 5.91 Å². The fourth-order valence-corrected chi connectivity index (χ4v) is 5.07. The maximum atomic E-state index is 13.6. The van der Waals surface area contributed by atoms with Crippen LogP contribution in [-0.2, 0) is 22.6 Å². The summed E-state index contributed by atoms with van der Waals surface area (Å²) in [5, 5.41) is 4.99. The van der Waals surface area contributed by atoms with E-state index >= 15 is 0 Å². The summed E-state index contributed by atoms with van der Waals surface area (Å²) >= 11 is 1.57. The van der Waals surface area contributed by atoms with Gasteiger partial charge in [0, 0.05) is 30.3 Å². The highest BCUT2D eigenvalue weighted by Gasteiger charge is 2.27. The number of carbonyl (C=O) groups excluding carboxylic acids is 2. The molecule has 1 fully saturated rings. The van der Waals surface area contributed by atoms with E-state index in [4.69, 9.17) is 4.74 Å². The number of ether oxygens (including phenoxy) is 1. The molecule has 0 radical (unpaired) electrons. The van der Waals surface area contributed by atoms with Crippen LogP contribution in [0.4, 0.5) is 14.9 Å². The molecule has 1 unspecified atom stereocenters. The molecule has 6 nitrogen and oxygen atoms in total. The van der Waals surface area contributed by atoms with E-state index in [1.54, 1.807) is 33.3 Å². The first-order valence-corrected chi connectivity index (χ1v) is 13.1. The zero-order chi connectivity index (χ0) is 25.5. The zero-order valence-electron chi connectivity index (χ0n) is 20.7. The summed E-state index contributed by atoms with van der Waals surface area (Å²) in [7, 11) is 0. The van der Waals surface area contributed by atoms with E-state index in [0.717, 1.165) is 40.1 Å². The molecule has 4 rings (SSSR count). The lowest BCUT2D eigenvalue weighted by molar-refractivity contribution is -0.133. The smallest absolute Gasteiger partial charge is 0.322 e. The molecular formula is C28H32FN3O3S. The van der Waals surface area contributed by atoms with Crippen LogP contribution in [0.15, 0.2) is 60.0 Å². The second-order valence-corrected chi connectivity index (χ2v) is 10.2. The monoisotopic (exact) mass is 509 g/mol. The minimum absolute atomic E-state index is 0.0802. The topological polar surface area (TPSA) is 61.9 Å². The molecule has 1 atom stereocenters. The number of hydrogen-bond acceptors (Lipinski definition) is 4. The van der Waals surface area contributed by atoms with Crippen molar-refractivity contribution in [2.45, 2.75) is 45.9 Å². The van der Waals surface area contributed by atoms with Crippen LogP contribution < -0.4 is 5.32 Å². The van der Waals surface area contributed by atoms with Crippen LogP contribution in [0, 0.1) is 19.7 Å². The number of nitrogens with one attached hydrogen (secondary N) is 1. The van der Waals surface area contributed by atoms with E-state index in [1.165, 1.54) is 12.1 Å². The van der Waals surface area contributed by atoms with Crippen LogP contribution in [0.25, 0.3) is 0 Å². The minimum Gasteiger partial charge on any atom is -0.376 e. The average Bonchev–Trinajstić information content (AvgIpc) is 3.56. The Morgan fingerprint density at radius 2 is 1.78 bits per heavy atom. The highest BCUT2D eigenvalue weighted by atomic mass is 32.1.